The van der Waals surface area contributed by atoms with Crippen molar-refractivity contribution in [2.24, 2.45) is 11.6 Å². The number of benzene rings is 2. The maximum atomic E-state index is 8.94. The van der Waals surface area contributed by atoms with Gasteiger partial charge < -0.3 is 11.2 Å². The Morgan fingerprint density at radius 1 is 1.05 bits per heavy atom. The van der Waals surface area contributed by atoms with Crippen molar-refractivity contribution >= 4 is 27.1 Å². The molecule has 0 amide bonds. The molecular weight excluding hydrogens is 292 g/mol. The molecule has 0 bridgehead atoms. The number of hydrogen-bond acceptors (Lipinski definition) is 5. The number of hydrazine groups is 1. The summed E-state index contributed by atoms with van der Waals surface area (Å²) in [4.78, 5) is 0. The molecule has 0 atom stereocenters. The fraction of sp³-hybridized carbons (Fsp3) is 0. The number of fused-ring (bicyclic) bond motifs is 1. The fourth-order valence-corrected chi connectivity index (χ4v) is 3.07. The van der Waals surface area contributed by atoms with E-state index in [1.165, 1.54) is 10.1 Å². The van der Waals surface area contributed by atoms with Gasteiger partial charge in [-0.1, -0.05) is 30.3 Å². The Morgan fingerprint density at radius 2 is 1.77 bits per heavy atom. The standard InChI is InChI=1S/C17H14N4S/c18-10-15(21-20)17(19)12-3-1-11(2-4-12)13-5-6-16-14(9-13)7-8-22-16/h1-9,21H,19-20H2/b17-15-. The van der Waals surface area contributed by atoms with Gasteiger partial charge in [0.2, 0.25) is 0 Å². The van der Waals surface area contributed by atoms with Gasteiger partial charge in [0.05, 0.1) is 5.70 Å². The second-order valence-corrected chi connectivity index (χ2v) is 5.74. The lowest BCUT2D eigenvalue weighted by Gasteiger charge is -2.07. The Morgan fingerprint density at radius 3 is 2.45 bits per heavy atom. The molecule has 3 aromatic rings. The summed E-state index contributed by atoms with van der Waals surface area (Å²) in [7, 11) is 0. The molecule has 3 rings (SSSR count). The minimum Gasteiger partial charge on any atom is -0.396 e. The van der Waals surface area contributed by atoms with Crippen molar-refractivity contribution in [3.63, 3.8) is 0 Å². The molecular formula is C17H14N4S. The molecule has 0 aliphatic rings. The first-order valence-electron chi connectivity index (χ1n) is 6.67. The van der Waals surface area contributed by atoms with Gasteiger partial charge in [-0.15, -0.1) is 11.3 Å². The normalized spacial score (nSPS) is 11.8. The molecule has 0 fully saturated rings. The lowest BCUT2D eigenvalue weighted by atomic mass is 10.0. The van der Waals surface area contributed by atoms with E-state index in [0.717, 1.165) is 16.7 Å². The van der Waals surface area contributed by atoms with Crippen molar-refractivity contribution in [1.29, 1.82) is 5.26 Å². The zero-order valence-electron chi connectivity index (χ0n) is 11.7. The molecule has 4 nitrogen and oxygen atoms in total. The van der Waals surface area contributed by atoms with Crippen LogP contribution in [0.2, 0.25) is 0 Å². The summed E-state index contributed by atoms with van der Waals surface area (Å²) in [6.45, 7) is 0. The van der Waals surface area contributed by atoms with Crippen LogP contribution in [-0.2, 0) is 0 Å². The molecule has 22 heavy (non-hydrogen) atoms. The summed E-state index contributed by atoms with van der Waals surface area (Å²) in [6.07, 6.45) is 0. The highest BCUT2D eigenvalue weighted by molar-refractivity contribution is 7.17. The van der Waals surface area contributed by atoms with Crippen molar-refractivity contribution in [1.82, 2.24) is 5.43 Å². The molecule has 0 aliphatic carbocycles. The smallest absolute Gasteiger partial charge is 0.151 e. The summed E-state index contributed by atoms with van der Waals surface area (Å²) >= 11 is 1.73. The van der Waals surface area contributed by atoms with E-state index >= 15 is 0 Å². The maximum Gasteiger partial charge on any atom is 0.151 e. The zero-order chi connectivity index (χ0) is 15.5. The second-order valence-electron chi connectivity index (χ2n) is 4.80. The van der Waals surface area contributed by atoms with Crippen molar-refractivity contribution in [3.8, 4) is 17.2 Å². The largest absolute Gasteiger partial charge is 0.396 e. The van der Waals surface area contributed by atoms with Crippen LogP contribution in [0.3, 0.4) is 0 Å². The van der Waals surface area contributed by atoms with Crippen LogP contribution in [0, 0.1) is 11.3 Å². The van der Waals surface area contributed by atoms with Crippen molar-refractivity contribution < 1.29 is 0 Å². The van der Waals surface area contributed by atoms with Gasteiger partial charge in [-0.05, 0) is 40.1 Å². The van der Waals surface area contributed by atoms with Crippen LogP contribution in [0.5, 0.6) is 0 Å². The van der Waals surface area contributed by atoms with Gasteiger partial charge in [-0.25, -0.2) is 5.84 Å². The monoisotopic (exact) mass is 306 g/mol. The average Bonchev–Trinajstić information content (AvgIpc) is 3.03. The molecule has 0 radical (unpaired) electrons. The first-order chi connectivity index (χ1) is 10.7. The van der Waals surface area contributed by atoms with Crippen LogP contribution < -0.4 is 17.0 Å². The van der Waals surface area contributed by atoms with E-state index < -0.39 is 0 Å². The number of hydrogen-bond donors (Lipinski definition) is 3. The van der Waals surface area contributed by atoms with Crippen molar-refractivity contribution in [2.75, 3.05) is 0 Å². The third-order valence-electron chi connectivity index (χ3n) is 3.51. The number of thiophene rings is 1. The van der Waals surface area contributed by atoms with Gasteiger partial charge in [0.15, 0.2) is 5.70 Å². The zero-order valence-corrected chi connectivity index (χ0v) is 12.5. The SMILES string of the molecule is N#C/C(NN)=C(/N)c1ccc(-c2ccc3sccc3c2)cc1. The van der Waals surface area contributed by atoms with E-state index in [0.29, 0.717) is 5.70 Å². The Labute approximate surface area is 132 Å². The predicted octanol–water partition coefficient (Wildman–Crippen LogP) is 3.18. The molecule has 0 spiro atoms. The topological polar surface area (TPSA) is 87.9 Å². The number of nitrogens with two attached hydrogens (primary N) is 2. The number of allylic oxidation sites excluding steroid dienone is 1. The average molecular weight is 306 g/mol. The minimum absolute atomic E-state index is 0.160. The van der Waals surface area contributed by atoms with Crippen molar-refractivity contribution in [2.45, 2.75) is 0 Å². The lowest BCUT2D eigenvalue weighted by Crippen LogP contribution is -2.23. The number of rotatable bonds is 3. The Kier molecular flexibility index (Phi) is 3.79. The quantitative estimate of drug-likeness (QED) is 0.394. The van der Waals surface area contributed by atoms with Crippen molar-refractivity contribution in [3.05, 3.63) is 65.2 Å². The van der Waals surface area contributed by atoms with Gasteiger partial charge in [-0.3, -0.25) is 0 Å². The minimum atomic E-state index is 0.160. The van der Waals surface area contributed by atoms with Crippen LogP contribution in [0.1, 0.15) is 5.56 Å². The summed E-state index contributed by atoms with van der Waals surface area (Å²) in [6, 6.07) is 18.2. The third-order valence-corrected chi connectivity index (χ3v) is 4.40. The Bertz CT molecular complexity index is 885. The number of nitrogens with one attached hydrogen (secondary N) is 1. The highest BCUT2D eigenvalue weighted by atomic mass is 32.1. The van der Waals surface area contributed by atoms with E-state index in [4.69, 9.17) is 16.8 Å². The molecule has 108 valence electrons. The van der Waals surface area contributed by atoms with Crippen LogP contribution in [-0.4, -0.2) is 0 Å². The lowest BCUT2D eigenvalue weighted by molar-refractivity contribution is 0.920. The molecule has 0 saturated carbocycles. The summed E-state index contributed by atoms with van der Waals surface area (Å²) in [5, 5.41) is 12.3. The van der Waals surface area contributed by atoms with E-state index in [-0.39, 0.29) is 5.70 Å². The first-order valence-corrected chi connectivity index (χ1v) is 7.55. The van der Waals surface area contributed by atoms with Gasteiger partial charge >= 0.3 is 0 Å². The highest BCUT2D eigenvalue weighted by Gasteiger charge is 2.05. The fourth-order valence-electron chi connectivity index (χ4n) is 2.30. The van der Waals surface area contributed by atoms with E-state index in [2.05, 4.69) is 35.1 Å². The highest BCUT2D eigenvalue weighted by Crippen LogP contribution is 2.28. The molecule has 0 unspecified atom stereocenters. The van der Waals surface area contributed by atoms with Gasteiger partial charge in [0, 0.05) is 10.3 Å². The molecule has 5 heteroatoms. The van der Waals surface area contributed by atoms with Gasteiger partial charge in [0.1, 0.15) is 6.07 Å². The summed E-state index contributed by atoms with van der Waals surface area (Å²) in [5.74, 6) is 5.28. The van der Waals surface area contributed by atoms with E-state index in [1.807, 2.05) is 30.3 Å². The first kappa shape index (κ1) is 14.1. The van der Waals surface area contributed by atoms with Gasteiger partial charge in [0.25, 0.3) is 0 Å². The molecule has 0 saturated heterocycles. The van der Waals surface area contributed by atoms with E-state index in [1.54, 1.807) is 11.3 Å². The van der Waals surface area contributed by atoms with Crippen LogP contribution in [0.25, 0.3) is 26.9 Å². The number of nitriles is 1. The summed E-state index contributed by atoms with van der Waals surface area (Å²) < 4.78 is 1.28. The third kappa shape index (κ3) is 2.53. The number of nitrogens with zero attached hydrogens (tertiary/aromatic N) is 1. The molecule has 0 aliphatic heterocycles. The van der Waals surface area contributed by atoms with Crippen LogP contribution >= 0.6 is 11.3 Å². The van der Waals surface area contributed by atoms with E-state index in [9.17, 15) is 0 Å². The molecule has 5 N–H and O–H groups in total. The molecule has 1 heterocycles. The Hall–Kier alpha value is -2.81. The summed E-state index contributed by atoms with van der Waals surface area (Å²) in [5.41, 5.74) is 11.7. The second kappa shape index (κ2) is 5.90. The molecule has 2 aromatic carbocycles. The molecule has 1 aromatic heterocycles. The maximum absolute atomic E-state index is 8.94. The van der Waals surface area contributed by atoms with Gasteiger partial charge in [-0.2, -0.15) is 5.26 Å². The predicted molar refractivity (Wildman–Crippen MR) is 91.3 cm³/mol. The van der Waals surface area contributed by atoms with Crippen LogP contribution in [0.15, 0.2) is 59.6 Å². The van der Waals surface area contributed by atoms with Crippen LogP contribution in [0.4, 0.5) is 0 Å². The Balaban J connectivity index is 1.97.